The van der Waals surface area contributed by atoms with Crippen molar-refractivity contribution in [2.75, 3.05) is 0 Å². The van der Waals surface area contributed by atoms with E-state index in [0.29, 0.717) is 17.7 Å². The summed E-state index contributed by atoms with van der Waals surface area (Å²) in [4.78, 5) is 13.9. The molecule has 0 radical (unpaired) electrons. The number of hydrogen-bond donors (Lipinski definition) is 1. The third-order valence-corrected chi connectivity index (χ3v) is 5.23. The van der Waals surface area contributed by atoms with Crippen LogP contribution >= 0.6 is 12.6 Å². The van der Waals surface area contributed by atoms with E-state index in [0.717, 1.165) is 38.4 Å². The van der Waals surface area contributed by atoms with E-state index in [1.807, 2.05) is 68.8 Å². The Hall–Kier alpha value is -2.77. The smallest absolute Gasteiger partial charge is 0.209 e. The van der Waals surface area contributed by atoms with Gasteiger partial charge in [-0.3, -0.25) is 4.79 Å². The number of carbonyl (C=O) groups is 1. The lowest BCUT2D eigenvalue weighted by atomic mass is 9.99. The van der Waals surface area contributed by atoms with Gasteiger partial charge in [0, 0.05) is 29.6 Å². The van der Waals surface area contributed by atoms with Crippen LogP contribution in [0.4, 0.5) is 0 Å². The fourth-order valence-corrected chi connectivity index (χ4v) is 3.74. The molecule has 3 rings (SSSR count). The Morgan fingerprint density at radius 3 is 2.48 bits per heavy atom. The number of benzene rings is 2. The van der Waals surface area contributed by atoms with Crippen LogP contribution in [0, 0.1) is 32.1 Å². The Labute approximate surface area is 165 Å². The first-order valence-corrected chi connectivity index (χ1v) is 9.25. The van der Waals surface area contributed by atoms with Crippen LogP contribution in [0.3, 0.4) is 0 Å². The molecule has 1 heterocycles. The maximum atomic E-state index is 13.2. The predicted molar refractivity (Wildman–Crippen MR) is 111 cm³/mol. The molecule has 1 aromatic heterocycles. The second kappa shape index (κ2) is 7.46. The second-order valence-electron chi connectivity index (χ2n) is 7.00. The fourth-order valence-electron chi connectivity index (χ4n) is 3.54. The van der Waals surface area contributed by atoms with Crippen molar-refractivity contribution in [3.8, 4) is 6.07 Å². The number of nitrogens with zero attached hydrogens (tertiary/aromatic N) is 2. The average Bonchev–Trinajstić information content (AvgIpc) is 2.89. The van der Waals surface area contributed by atoms with Crippen molar-refractivity contribution in [2.45, 2.75) is 32.1 Å². The van der Waals surface area contributed by atoms with Crippen LogP contribution in [0.1, 0.15) is 49.6 Å². The van der Waals surface area contributed by atoms with Gasteiger partial charge in [0.25, 0.3) is 0 Å². The second-order valence-corrected chi connectivity index (χ2v) is 7.52. The van der Waals surface area contributed by atoms with Gasteiger partial charge in [0.2, 0.25) is 5.78 Å². The van der Waals surface area contributed by atoms with Crippen LogP contribution in [0.25, 0.3) is 0 Å². The van der Waals surface area contributed by atoms with E-state index in [2.05, 4.69) is 18.7 Å². The molecule has 3 nitrogen and oxygen atoms in total. The predicted octanol–water partition coefficient (Wildman–Crippen LogP) is 4.93. The Kier molecular flexibility index (Phi) is 5.25. The van der Waals surface area contributed by atoms with Crippen LogP contribution in [0.5, 0.6) is 0 Å². The van der Waals surface area contributed by atoms with Crippen molar-refractivity contribution >= 4 is 18.4 Å². The van der Waals surface area contributed by atoms with E-state index >= 15 is 0 Å². The van der Waals surface area contributed by atoms with Crippen molar-refractivity contribution in [3.05, 3.63) is 87.2 Å². The molecule has 0 aliphatic heterocycles. The highest BCUT2D eigenvalue weighted by atomic mass is 32.1. The molecule has 27 heavy (non-hydrogen) atoms. The first kappa shape index (κ1) is 19.0. The first-order valence-electron chi connectivity index (χ1n) is 8.81. The molecule has 4 heteroatoms. The van der Waals surface area contributed by atoms with Gasteiger partial charge in [-0.15, -0.1) is 12.6 Å². The molecule has 0 N–H and O–H groups in total. The van der Waals surface area contributed by atoms with Crippen LogP contribution in [0.15, 0.2) is 47.4 Å². The molecule has 136 valence electrons. The lowest BCUT2D eigenvalue weighted by molar-refractivity contribution is 0.103. The number of rotatable bonds is 4. The van der Waals surface area contributed by atoms with Gasteiger partial charge in [-0.25, -0.2) is 0 Å². The van der Waals surface area contributed by atoms with Gasteiger partial charge in [0.05, 0.1) is 17.3 Å². The normalized spacial score (nSPS) is 10.7. The Balaban J connectivity index is 2.01. The van der Waals surface area contributed by atoms with E-state index < -0.39 is 0 Å². The zero-order valence-electron chi connectivity index (χ0n) is 16.0. The molecule has 0 saturated heterocycles. The zero-order chi connectivity index (χ0) is 19.7. The highest BCUT2D eigenvalue weighted by Crippen LogP contribution is 2.24. The van der Waals surface area contributed by atoms with Crippen molar-refractivity contribution in [3.63, 3.8) is 0 Å². The van der Waals surface area contributed by atoms with E-state index in [1.165, 1.54) is 0 Å². The van der Waals surface area contributed by atoms with Gasteiger partial charge >= 0.3 is 0 Å². The van der Waals surface area contributed by atoms with Gasteiger partial charge < -0.3 is 4.57 Å². The minimum Gasteiger partial charge on any atom is -0.344 e. The van der Waals surface area contributed by atoms with E-state index in [9.17, 15) is 10.1 Å². The van der Waals surface area contributed by atoms with Gasteiger partial charge in [-0.2, -0.15) is 5.26 Å². The third-order valence-electron chi connectivity index (χ3n) is 4.95. The lowest BCUT2D eigenvalue weighted by Crippen LogP contribution is -2.12. The Morgan fingerprint density at radius 1 is 1.07 bits per heavy atom. The highest BCUT2D eigenvalue weighted by molar-refractivity contribution is 7.80. The SMILES string of the molecule is Cc1ccc(C(=O)c2c(C)cc(Cc3ccc(S)cc3C#N)n2C)c(C)c1. The molecule has 0 aliphatic carbocycles. The summed E-state index contributed by atoms with van der Waals surface area (Å²) in [6, 6.07) is 15.8. The highest BCUT2D eigenvalue weighted by Gasteiger charge is 2.20. The standard InChI is InChI=1S/C23H22N2OS/c1-14-5-8-21(15(2)9-14)23(26)22-16(3)10-19(25(22)4)11-17-6-7-20(27)12-18(17)13-24/h5-10,12,27H,11H2,1-4H3. The fraction of sp³-hybridized carbons (Fsp3) is 0.217. The van der Waals surface area contributed by atoms with Crippen molar-refractivity contribution in [2.24, 2.45) is 7.05 Å². The minimum atomic E-state index is 0.0324. The van der Waals surface area contributed by atoms with Gasteiger partial charge in [0.15, 0.2) is 0 Å². The molecule has 0 spiro atoms. The van der Waals surface area contributed by atoms with Crippen molar-refractivity contribution < 1.29 is 4.79 Å². The van der Waals surface area contributed by atoms with Gasteiger partial charge in [-0.05, 0) is 55.7 Å². The van der Waals surface area contributed by atoms with E-state index in [4.69, 9.17) is 0 Å². The lowest BCUT2D eigenvalue weighted by Gasteiger charge is -2.11. The summed E-state index contributed by atoms with van der Waals surface area (Å²) in [6.07, 6.45) is 0.592. The molecule has 0 atom stereocenters. The number of aryl methyl sites for hydroxylation is 3. The number of carbonyl (C=O) groups excluding carboxylic acids is 1. The Morgan fingerprint density at radius 2 is 1.81 bits per heavy atom. The Bertz CT molecular complexity index is 1090. The number of nitriles is 1. The quantitative estimate of drug-likeness (QED) is 0.520. The summed E-state index contributed by atoms with van der Waals surface area (Å²) in [6.45, 7) is 5.95. The molecule has 0 unspecified atom stereocenters. The van der Waals surface area contributed by atoms with E-state index in [1.54, 1.807) is 6.07 Å². The number of ketones is 1. The molecular weight excluding hydrogens is 352 g/mol. The maximum absolute atomic E-state index is 13.2. The molecule has 0 fully saturated rings. The summed E-state index contributed by atoms with van der Waals surface area (Å²) in [5.74, 6) is 0.0324. The summed E-state index contributed by atoms with van der Waals surface area (Å²) in [5.41, 5.74) is 7.05. The molecule has 2 aromatic carbocycles. The van der Waals surface area contributed by atoms with E-state index in [-0.39, 0.29) is 5.78 Å². The number of thiol groups is 1. The third kappa shape index (κ3) is 3.70. The van der Waals surface area contributed by atoms with Crippen LogP contribution < -0.4 is 0 Å². The molecular formula is C23H22N2OS. The van der Waals surface area contributed by atoms with Gasteiger partial charge in [0.1, 0.15) is 0 Å². The van der Waals surface area contributed by atoms with Crippen molar-refractivity contribution in [1.29, 1.82) is 5.26 Å². The molecule has 3 aromatic rings. The van der Waals surface area contributed by atoms with Gasteiger partial charge in [-0.1, -0.05) is 29.8 Å². The molecule has 0 aliphatic rings. The number of hydrogen-bond acceptors (Lipinski definition) is 3. The zero-order valence-corrected chi connectivity index (χ0v) is 16.9. The van der Waals surface area contributed by atoms with Crippen LogP contribution in [-0.2, 0) is 13.5 Å². The largest absolute Gasteiger partial charge is 0.344 e. The summed E-state index contributed by atoms with van der Waals surface area (Å²) in [5, 5.41) is 9.39. The summed E-state index contributed by atoms with van der Waals surface area (Å²) >= 11 is 4.31. The van der Waals surface area contributed by atoms with Crippen LogP contribution in [-0.4, -0.2) is 10.4 Å². The molecule has 0 amide bonds. The topological polar surface area (TPSA) is 45.8 Å². The summed E-state index contributed by atoms with van der Waals surface area (Å²) in [7, 11) is 1.91. The molecule has 0 bridgehead atoms. The maximum Gasteiger partial charge on any atom is 0.209 e. The molecule has 0 saturated carbocycles. The minimum absolute atomic E-state index is 0.0324. The number of aromatic nitrogens is 1. The monoisotopic (exact) mass is 374 g/mol. The van der Waals surface area contributed by atoms with Crippen molar-refractivity contribution in [1.82, 2.24) is 4.57 Å². The van der Waals surface area contributed by atoms with Crippen LogP contribution in [0.2, 0.25) is 0 Å². The average molecular weight is 375 g/mol. The summed E-state index contributed by atoms with van der Waals surface area (Å²) < 4.78 is 1.95. The first-order chi connectivity index (χ1) is 12.8.